The van der Waals surface area contributed by atoms with Crippen molar-refractivity contribution in [3.05, 3.63) is 33.8 Å². The first-order valence-corrected chi connectivity index (χ1v) is 4.99. The highest BCUT2D eigenvalue weighted by molar-refractivity contribution is 9.10. The molecule has 0 fully saturated rings. The van der Waals surface area contributed by atoms with Crippen LogP contribution in [-0.2, 0) is 0 Å². The van der Waals surface area contributed by atoms with Gasteiger partial charge in [0.15, 0.2) is 11.7 Å². The monoisotopic (exact) mass is 262 g/mol. The van der Waals surface area contributed by atoms with Crippen LogP contribution in [0.15, 0.2) is 22.7 Å². The van der Waals surface area contributed by atoms with Crippen LogP contribution in [0.2, 0.25) is 0 Å². The molecule has 0 atom stereocenters. The lowest BCUT2D eigenvalue weighted by Gasteiger charge is -2.04. The second-order valence-corrected chi connectivity index (χ2v) is 3.93. The zero-order valence-corrected chi connectivity index (χ0v) is 9.58. The SMILES string of the molecule is Cc1cc(Br)ccc1C(=O)C(C#N)C#N. The number of nitrogens with zero attached hydrogens (tertiary/aromatic N) is 2. The van der Waals surface area contributed by atoms with Crippen LogP contribution >= 0.6 is 15.9 Å². The topological polar surface area (TPSA) is 64.7 Å². The first-order chi connectivity index (χ1) is 7.10. The summed E-state index contributed by atoms with van der Waals surface area (Å²) < 4.78 is 0.863. The third kappa shape index (κ3) is 2.43. The molecule has 0 aliphatic rings. The minimum Gasteiger partial charge on any atom is -0.291 e. The quantitative estimate of drug-likeness (QED) is 0.770. The summed E-state index contributed by atoms with van der Waals surface area (Å²) in [6.07, 6.45) is 0. The van der Waals surface area contributed by atoms with E-state index in [-0.39, 0.29) is 0 Å². The summed E-state index contributed by atoms with van der Waals surface area (Å²) in [6.45, 7) is 1.77. The number of rotatable bonds is 2. The lowest BCUT2D eigenvalue weighted by molar-refractivity contribution is 0.0970. The van der Waals surface area contributed by atoms with Crippen molar-refractivity contribution in [3.8, 4) is 12.1 Å². The maximum Gasteiger partial charge on any atom is 0.195 e. The lowest BCUT2D eigenvalue weighted by Crippen LogP contribution is -2.12. The third-order valence-corrected chi connectivity index (χ3v) is 2.47. The van der Waals surface area contributed by atoms with Gasteiger partial charge >= 0.3 is 0 Å². The number of carbonyl (C=O) groups excluding carboxylic acids is 1. The predicted octanol–water partition coefficient (Wildman–Crippen LogP) is 2.60. The zero-order valence-electron chi connectivity index (χ0n) is 7.99. The van der Waals surface area contributed by atoms with Crippen molar-refractivity contribution < 1.29 is 4.79 Å². The molecule has 15 heavy (non-hydrogen) atoms. The van der Waals surface area contributed by atoms with Gasteiger partial charge in [-0.05, 0) is 30.7 Å². The van der Waals surface area contributed by atoms with Gasteiger partial charge in [-0.3, -0.25) is 4.79 Å². The molecule has 0 aromatic heterocycles. The van der Waals surface area contributed by atoms with Crippen molar-refractivity contribution in [2.24, 2.45) is 5.92 Å². The first kappa shape index (κ1) is 11.4. The molecule has 0 amide bonds. The Morgan fingerprint density at radius 3 is 2.47 bits per heavy atom. The van der Waals surface area contributed by atoms with Gasteiger partial charge in [-0.1, -0.05) is 15.9 Å². The van der Waals surface area contributed by atoms with Crippen molar-refractivity contribution in [3.63, 3.8) is 0 Å². The van der Waals surface area contributed by atoms with Gasteiger partial charge in [0.1, 0.15) is 0 Å². The smallest absolute Gasteiger partial charge is 0.195 e. The molecule has 1 rings (SSSR count). The lowest BCUT2D eigenvalue weighted by atomic mass is 9.97. The van der Waals surface area contributed by atoms with E-state index in [1.807, 2.05) is 0 Å². The second-order valence-electron chi connectivity index (χ2n) is 3.01. The number of Topliss-reactive ketones (excluding diaryl/α,β-unsaturated/α-hetero) is 1. The highest BCUT2D eigenvalue weighted by atomic mass is 79.9. The van der Waals surface area contributed by atoms with Crippen LogP contribution < -0.4 is 0 Å². The van der Waals surface area contributed by atoms with E-state index < -0.39 is 11.7 Å². The van der Waals surface area contributed by atoms with Gasteiger partial charge in [0.25, 0.3) is 0 Å². The fourth-order valence-corrected chi connectivity index (χ4v) is 1.68. The van der Waals surface area contributed by atoms with Gasteiger partial charge < -0.3 is 0 Å². The van der Waals surface area contributed by atoms with E-state index in [1.54, 1.807) is 37.3 Å². The molecule has 3 nitrogen and oxygen atoms in total. The number of hydrogen-bond donors (Lipinski definition) is 0. The Morgan fingerprint density at radius 1 is 1.40 bits per heavy atom. The number of nitriles is 2. The predicted molar refractivity (Wildman–Crippen MR) is 57.9 cm³/mol. The Hall–Kier alpha value is -1.65. The minimum absolute atomic E-state index is 0.423. The number of benzene rings is 1. The standard InChI is InChI=1S/C11H7BrN2O/c1-7-4-9(12)2-3-10(7)11(15)8(5-13)6-14/h2-4,8H,1H3. The summed E-state index contributed by atoms with van der Waals surface area (Å²) >= 11 is 3.28. The molecule has 1 aromatic carbocycles. The molecule has 0 bridgehead atoms. The number of ketones is 1. The van der Waals surface area contributed by atoms with Crippen LogP contribution in [0.1, 0.15) is 15.9 Å². The van der Waals surface area contributed by atoms with Crippen molar-refractivity contribution in [2.45, 2.75) is 6.92 Å². The van der Waals surface area contributed by atoms with Crippen molar-refractivity contribution in [1.29, 1.82) is 10.5 Å². The second kappa shape index (κ2) is 4.72. The maximum absolute atomic E-state index is 11.7. The molecule has 0 saturated carbocycles. The van der Waals surface area contributed by atoms with E-state index in [0.717, 1.165) is 10.0 Å². The van der Waals surface area contributed by atoms with Crippen LogP contribution in [0.25, 0.3) is 0 Å². The van der Waals surface area contributed by atoms with Crippen LogP contribution in [0.3, 0.4) is 0 Å². The largest absolute Gasteiger partial charge is 0.291 e. The van der Waals surface area contributed by atoms with Gasteiger partial charge in [0.2, 0.25) is 0 Å². The Morgan fingerprint density at radius 2 is 2.00 bits per heavy atom. The summed E-state index contributed by atoms with van der Waals surface area (Å²) in [4.78, 5) is 11.7. The van der Waals surface area contributed by atoms with Crippen LogP contribution in [0.4, 0.5) is 0 Å². The number of hydrogen-bond acceptors (Lipinski definition) is 3. The molecular formula is C11H7BrN2O. The molecule has 0 aliphatic heterocycles. The van der Waals surface area contributed by atoms with E-state index in [4.69, 9.17) is 10.5 Å². The molecule has 4 heteroatoms. The summed E-state index contributed by atoms with van der Waals surface area (Å²) in [5.74, 6) is -1.66. The fraction of sp³-hybridized carbons (Fsp3) is 0.182. The van der Waals surface area contributed by atoms with E-state index in [9.17, 15) is 4.79 Å². The van der Waals surface area contributed by atoms with Crippen LogP contribution in [0, 0.1) is 35.5 Å². The summed E-state index contributed by atoms with van der Waals surface area (Å²) in [5, 5.41) is 17.2. The van der Waals surface area contributed by atoms with E-state index in [1.165, 1.54) is 0 Å². The molecule has 0 unspecified atom stereocenters. The van der Waals surface area contributed by atoms with Crippen molar-refractivity contribution >= 4 is 21.7 Å². The molecule has 0 saturated heterocycles. The Kier molecular flexibility index (Phi) is 3.60. The highest BCUT2D eigenvalue weighted by Gasteiger charge is 2.20. The molecule has 1 aromatic rings. The zero-order chi connectivity index (χ0) is 11.4. The molecule has 74 valence electrons. The van der Waals surface area contributed by atoms with Gasteiger partial charge in [0, 0.05) is 10.0 Å². The van der Waals surface area contributed by atoms with Crippen LogP contribution in [0.5, 0.6) is 0 Å². The maximum atomic E-state index is 11.7. The molecule has 0 heterocycles. The highest BCUT2D eigenvalue weighted by Crippen LogP contribution is 2.18. The van der Waals surface area contributed by atoms with Gasteiger partial charge in [-0.2, -0.15) is 10.5 Å². The average molecular weight is 263 g/mol. The van der Waals surface area contributed by atoms with Crippen LogP contribution in [-0.4, -0.2) is 5.78 Å². The van der Waals surface area contributed by atoms with Crippen molar-refractivity contribution in [1.82, 2.24) is 0 Å². The number of aryl methyl sites for hydroxylation is 1. The fourth-order valence-electron chi connectivity index (χ4n) is 1.21. The molecule has 0 radical (unpaired) electrons. The summed E-state index contributed by atoms with van der Waals surface area (Å²) in [6, 6.07) is 8.44. The van der Waals surface area contributed by atoms with Gasteiger partial charge in [-0.15, -0.1) is 0 Å². The number of carbonyl (C=O) groups is 1. The molecule has 0 aliphatic carbocycles. The van der Waals surface area contributed by atoms with E-state index in [2.05, 4.69) is 15.9 Å². The van der Waals surface area contributed by atoms with Gasteiger partial charge in [-0.25, -0.2) is 0 Å². The van der Waals surface area contributed by atoms with E-state index >= 15 is 0 Å². The molecule has 0 spiro atoms. The normalized spacial score (nSPS) is 9.40. The van der Waals surface area contributed by atoms with E-state index in [0.29, 0.717) is 5.56 Å². The molecular weight excluding hydrogens is 256 g/mol. The number of halogens is 1. The molecule has 0 N–H and O–H groups in total. The Labute approximate surface area is 96.1 Å². The average Bonchev–Trinajstić information content (AvgIpc) is 2.19. The third-order valence-electron chi connectivity index (χ3n) is 1.97. The first-order valence-electron chi connectivity index (χ1n) is 4.19. The summed E-state index contributed by atoms with van der Waals surface area (Å²) in [5.41, 5.74) is 1.18. The Balaban J connectivity index is 3.14. The summed E-state index contributed by atoms with van der Waals surface area (Å²) in [7, 11) is 0. The minimum atomic E-state index is -1.22. The Bertz CT molecular complexity index is 468. The van der Waals surface area contributed by atoms with Crippen molar-refractivity contribution in [2.75, 3.05) is 0 Å². The van der Waals surface area contributed by atoms with Gasteiger partial charge in [0.05, 0.1) is 12.1 Å².